The number of anilines is 1. The van der Waals surface area contributed by atoms with E-state index >= 15 is 0 Å². The molecule has 2 heterocycles. The van der Waals surface area contributed by atoms with Crippen LogP contribution < -0.4 is 4.90 Å². The van der Waals surface area contributed by atoms with Crippen molar-refractivity contribution in [3.05, 3.63) is 119 Å². The molecule has 2 nitrogen and oxygen atoms in total. The zero-order valence-electron chi connectivity index (χ0n) is 23.8. The van der Waals surface area contributed by atoms with Crippen molar-refractivity contribution in [2.45, 2.75) is 52.0 Å². The van der Waals surface area contributed by atoms with Crippen LogP contribution in [0.5, 0.6) is 0 Å². The highest BCUT2D eigenvalue weighted by molar-refractivity contribution is 5.98. The van der Waals surface area contributed by atoms with Crippen LogP contribution in [0.25, 0.3) is 16.8 Å². The highest BCUT2D eigenvalue weighted by Gasteiger charge is 2.53. The van der Waals surface area contributed by atoms with Crippen LogP contribution in [0, 0.1) is 5.41 Å². The van der Waals surface area contributed by atoms with E-state index in [0.29, 0.717) is 12.0 Å². The second-order valence-electron chi connectivity index (χ2n) is 12.3. The Balaban J connectivity index is 1.31. The van der Waals surface area contributed by atoms with Gasteiger partial charge < -0.3 is 4.90 Å². The largest absolute Gasteiger partial charge is 0.347 e. The third-order valence-corrected chi connectivity index (χ3v) is 9.31. The molecule has 192 valence electrons. The number of hydrogen-bond acceptors (Lipinski definition) is 1. The molecule has 0 spiro atoms. The average molecular weight is 500 g/mol. The molecule has 38 heavy (non-hydrogen) atoms. The van der Waals surface area contributed by atoms with Crippen LogP contribution in [0.1, 0.15) is 57.2 Å². The standard InChI is InChI=1S/C36H39N2/c1-24(16-22-31-35(2,3)33-27-14-10-8-12-25(27)18-20-29(33)37(31)6)17-23-32-36(4,5)34-28-15-11-9-13-26(28)19-21-30(34)38(32)7/h8-23,29,33H,1-7H3/q+1. The summed E-state index contributed by atoms with van der Waals surface area (Å²) in [6, 6.07) is 22.6. The molecule has 3 aromatic rings. The van der Waals surface area contributed by atoms with Gasteiger partial charge in [-0.15, -0.1) is 0 Å². The summed E-state index contributed by atoms with van der Waals surface area (Å²) in [6.07, 6.45) is 13.9. The summed E-state index contributed by atoms with van der Waals surface area (Å²) in [4.78, 5) is 2.37. The summed E-state index contributed by atoms with van der Waals surface area (Å²) >= 11 is 0. The van der Waals surface area contributed by atoms with Gasteiger partial charge in [0.2, 0.25) is 0 Å². The maximum absolute atomic E-state index is 2.48. The Hall–Kier alpha value is -3.65. The molecular weight excluding hydrogens is 460 g/mol. The number of fused-ring (bicyclic) bond motifs is 6. The molecule has 0 saturated heterocycles. The van der Waals surface area contributed by atoms with Gasteiger partial charge in [-0.25, -0.2) is 4.58 Å². The minimum absolute atomic E-state index is 0.0475. The summed E-state index contributed by atoms with van der Waals surface area (Å²) in [7, 11) is 4.45. The molecule has 6 rings (SSSR count). The zero-order valence-corrected chi connectivity index (χ0v) is 23.8. The van der Waals surface area contributed by atoms with E-state index in [2.05, 4.69) is 155 Å². The Labute approximate surface area is 228 Å². The molecule has 2 heteroatoms. The molecule has 0 radical (unpaired) electrons. The first-order valence-electron chi connectivity index (χ1n) is 13.8. The SMILES string of the molecule is CC(C=CC1=[N+](C)C2C=Cc3ccccc3C2C1(C)C)=CC=C1N(C)c2ccc3ccccc3c2C1(C)C. The lowest BCUT2D eigenvalue weighted by Gasteiger charge is -2.29. The first-order valence-corrected chi connectivity index (χ1v) is 13.8. The van der Waals surface area contributed by atoms with Gasteiger partial charge in [-0.3, -0.25) is 0 Å². The topological polar surface area (TPSA) is 6.25 Å². The fraction of sp³-hybridized carbons (Fsp3) is 0.306. The van der Waals surface area contributed by atoms with Gasteiger partial charge >= 0.3 is 0 Å². The second kappa shape index (κ2) is 8.70. The molecule has 3 aliphatic rings. The van der Waals surface area contributed by atoms with Crippen LogP contribution in [0.3, 0.4) is 0 Å². The Bertz CT molecular complexity index is 1610. The summed E-state index contributed by atoms with van der Waals surface area (Å²) < 4.78 is 2.48. The van der Waals surface area contributed by atoms with E-state index in [4.69, 9.17) is 0 Å². The van der Waals surface area contributed by atoms with Gasteiger partial charge in [-0.05, 0) is 66.5 Å². The van der Waals surface area contributed by atoms with E-state index < -0.39 is 0 Å². The minimum atomic E-state index is -0.0662. The molecule has 0 saturated carbocycles. The predicted octanol–water partition coefficient (Wildman–Crippen LogP) is 8.26. The normalized spacial score (nSPS) is 24.4. The van der Waals surface area contributed by atoms with Crippen molar-refractivity contribution in [3.63, 3.8) is 0 Å². The zero-order chi connectivity index (χ0) is 26.8. The van der Waals surface area contributed by atoms with Crippen LogP contribution in [0.4, 0.5) is 5.69 Å². The third-order valence-electron chi connectivity index (χ3n) is 9.31. The Morgan fingerprint density at radius 1 is 0.947 bits per heavy atom. The molecular formula is C36H39N2+. The molecule has 0 bridgehead atoms. The Morgan fingerprint density at radius 3 is 2.50 bits per heavy atom. The van der Waals surface area contributed by atoms with Crippen molar-refractivity contribution in [1.29, 1.82) is 0 Å². The summed E-state index contributed by atoms with van der Waals surface area (Å²) in [5.41, 5.74) is 9.52. The van der Waals surface area contributed by atoms with Gasteiger partial charge in [-0.1, -0.05) is 92.2 Å². The highest BCUT2D eigenvalue weighted by Crippen LogP contribution is 2.50. The van der Waals surface area contributed by atoms with E-state index in [0.717, 1.165) is 0 Å². The minimum Gasteiger partial charge on any atom is -0.347 e. The van der Waals surface area contributed by atoms with E-state index in [1.165, 1.54) is 50.1 Å². The van der Waals surface area contributed by atoms with Crippen molar-refractivity contribution in [3.8, 4) is 0 Å². The van der Waals surface area contributed by atoms with Gasteiger partial charge in [0.05, 0.1) is 11.3 Å². The molecule has 2 aliphatic heterocycles. The molecule has 0 aromatic heterocycles. The third kappa shape index (κ3) is 3.57. The fourth-order valence-corrected chi connectivity index (χ4v) is 7.39. The van der Waals surface area contributed by atoms with Gasteiger partial charge in [0, 0.05) is 29.9 Å². The van der Waals surface area contributed by atoms with Crippen LogP contribution in [0.15, 0.2) is 102 Å². The van der Waals surface area contributed by atoms with Crippen molar-refractivity contribution >= 4 is 28.2 Å². The van der Waals surface area contributed by atoms with Crippen molar-refractivity contribution in [2.75, 3.05) is 19.0 Å². The number of rotatable bonds is 3. The van der Waals surface area contributed by atoms with Crippen LogP contribution in [-0.2, 0) is 5.41 Å². The molecule has 2 atom stereocenters. The van der Waals surface area contributed by atoms with Crippen molar-refractivity contribution < 1.29 is 4.58 Å². The van der Waals surface area contributed by atoms with Crippen molar-refractivity contribution in [2.24, 2.45) is 5.41 Å². The van der Waals surface area contributed by atoms with Gasteiger partial charge in [0.15, 0.2) is 11.8 Å². The Kier molecular flexibility index (Phi) is 5.65. The summed E-state index contributed by atoms with van der Waals surface area (Å²) in [5.74, 6) is 0.459. The lowest BCUT2D eigenvalue weighted by Crippen LogP contribution is -2.31. The second-order valence-corrected chi connectivity index (χ2v) is 12.3. The average Bonchev–Trinajstić information content (AvgIpc) is 3.23. The maximum atomic E-state index is 2.48. The fourth-order valence-electron chi connectivity index (χ4n) is 7.39. The van der Waals surface area contributed by atoms with E-state index in [9.17, 15) is 0 Å². The van der Waals surface area contributed by atoms with Gasteiger partial charge in [0.1, 0.15) is 7.05 Å². The van der Waals surface area contributed by atoms with Crippen LogP contribution in [-0.4, -0.2) is 30.4 Å². The summed E-state index contributed by atoms with van der Waals surface area (Å²) in [5, 5.41) is 2.66. The molecule has 2 unspecified atom stereocenters. The predicted molar refractivity (Wildman–Crippen MR) is 163 cm³/mol. The monoisotopic (exact) mass is 499 g/mol. The maximum Gasteiger partial charge on any atom is 0.182 e. The number of allylic oxidation sites excluding steroid dienone is 6. The molecule has 0 fully saturated rings. The van der Waals surface area contributed by atoms with E-state index in [-0.39, 0.29) is 10.8 Å². The molecule has 0 N–H and O–H groups in total. The van der Waals surface area contributed by atoms with Crippen LogP contribution in [0.2, 0.25) is 0 Å². The quantitative estimate of drug-likeness (QED) is 0.260. The number of likely N-dealkylation sites (N-methyl/N-ethyl adjacent to an activating group) is 2. The summed E-state index contributed by atoms with van der Waals surface area (Å²) in [6.45, 7) is 11.7. The lowest BCUT2D eigenvalue weighted by molar-refractivity contribution is -0.518. The lowest BCUT2D eigenvalue weighted by atomic mass is 9.68. The highest BCUT2D eigenvalue weighted by atomic mass is 15.2. The smallest absolute Gasteiger partial charge is 0.182 e. The number of nitrogens with zero attached hydrogens (tertiary/aromatic N) is 2. The Morgan fingerprint density at radius 2 is 1.68 bits per heavy atom. The van der Waals surface area contributed by atoms with E-state index in [1.807, 2.05) is 0 Å². The van der Waals surface area contributed by atoms with Crippen molar-refractivity contribution in [1.82, 2.24) is 0 Å². The molecule has 1 aliphatic carbocycles. The molecule has 3 aromatic carbocycles. The van der Waals surface area contributed by atoms with E-state index in [1.54, 1.807) is 0 Å². The number of hydrogen-bond donors (Lipinski definition) is 0. The number of benzene rings is 3. The first-order chi connectivity index (χ1) is 18.1. The molecule has 0 amide bonds. The van der Waals surface area contributed by atoms with Crippen LogP contribution >= 0.6 is 0 Å². The van der Waals surface area contributed by atoms with Gasteiger partial charge in [-0.2, -0.15) is 0 Å². The van der Waals surface area contributed by atoms with Gasteiger partial charge in [0.25, 0.3) is 0 Å². The first kappa shape index (κ1) is 24.7.